The molecule has 0 aliphatic rings. The van der Waals surface area contributed by atoms with Crippen molar-refractivity contribution in [2.24, 2.45) is 7.05 Å². The van der Waals surface area contributed by atoms with Gasteiger partial charge in [-0.15, -0.1) is 0 Å². The molecule has 0 aliphatic carbocycles. The minimum absolute atomic E-state index is 0.0489. The normalized spacial score (nSPS) is 13.4. The molecule has 0 radical (unpaired) electrons. The van der Waals surface area contributed by atoms with E-state index < -0.39 is 11.7 Å². The van der Waals surface area contributed by atoms with Gasteiger partial charge in [0.05, 0.1) is 11.8 Å². The summed E-state index contributed by atoms with van der Waals surface area (Å²) in [5.74, 6) is 0. The number of halogens is 3. The first-order valence-corrected chi connectivity index (χ1v) is 6.78. The molecule has 114 valence electrons. The molecule has 1 N–H and O–H groups in total. The summed E-state index contributed by atoms with van der Waals surface area (Å²) in [5, 5.41) is 7.40. The summed E-state index contributed by atoms with van der Waals surface area (Å²) in [7, 11) is 1.82. The number of hydrogen-bond donors (Lipinski definition) is 1. The number of hydrogen-bond acceptors (Lipinski definition) is 2. The van der Waals surface area contributed by atoms with Crippen molar-refractivity contribution in [3.8, 4) is 0 Å². The van der Waals surface area contributed by atoms with Crippen molar-refractivity contribution in [2.45, 2.75) is 25.6 Å². The third-order valence-electron chi connectivity index (χ3n) is 3.27. The van der Waals surface area contributed by atoms with Crippen LogP contribution in [0.3, 0.4) is 0 Å². The molecule has 6 heteroatoms. The maximum Gasteiger partial charge on any atom is 0.416 e. The summed E-state index contributed by atoms with van der Waals surface area (Å²) in [5.41, 5.74) is 1.01. The average molecular weight is 297 g/mol. The van der Waals surface area contributed by atoms with Gasteiger partial charge in [0.15, 0.2) is 0 Å². The number of nitrogens with zero attached hydrogens (tertiary/aromatic N) is 2. The van der Waals surface area contributed by atoms with Gasteiger partial charge >= 0.3 is 6.18 Å². The van der Waals surface area contributed by atoms with Gasteiger partial charge in [-0.2, -0.15) is 18.3 Å². The van der Waals surface area contributed by atoms with Crippen molar-refractivity contribution in [2.75, 3.05) is 6.54 Å². The van der Waals surface area contributed by atoms with Crippen LogP contribution in [0.25, 0.3) is 0 Å². The summed E-state index contributed by atoms with van der Waals surface area (Å²) >= 11 is 0. The molecule has 0 amide bonds. The molecule has 2 rings (SSSR count). The molecule has 0 bridgehead atoms. The quantitative estimate of drug-likeness (QED) is 0.917. The summed E-state index contributed by atoms with van der Waals surface area (Å²) < 4.78 is 39.9. The Bertz CT molecular complexity index is 590. The van der Waals surface area contributed by atoms with Gasteiger partial charge in [0, 0.05) is 24.8 Å². The monoisotopic (exact) mass is 297 g/mol. The van der Waals surface area contributed by atoms with Crippen LogP contribution < -0.4 is 5.32 Å². The molecular weight excluding hydrogens is 279 g/mol. The molecule has 0 saturated heterocycles. The van der Waals surface area contributed by atoms with Gasteiger partial charge < -0.3 is 5.32 Å². The number of likely N-dealkylation sites (N-methyl/N-ethyl adjacent to an activating group) is 1. The second kappa shape index (κ2) is 6.30. The first-order chi connectivity index (χ1) is 9.90. The Morgan fingerprint density at radius 1 is 1.33 bits per heavy atom. The Balaban J connectivity index is 2.21. The van der Waals surface area contributed by atoms with Gasteiger partial charge in [0.1, 0.15) is 0 Å². The van der Waals surface area contributed by atoms with Crippen molar-refractivity contribution >= 4 is 0 Å². The molecule has 0 spiro atoms. The van der Waals surface area contributed by atoms with Crippen LogP contribution in [0.2, 0.25) is 0 Å². The van der Waals surface area contributed by atoms with E-state index in [2.05, 4.69) is 10.4 Å². The first kappa shape index (κ1) is 15.6. The molecule has 0 aliphatic heterocycles. The Hall–Kier alpha value is -1.82. The van der Waals surface area contributed by atoms with Gasteiger partial charge in [-0.3, -0.25) is 4.68 Å². The highest BCUT2D eigenvalue weighted by atomic mass is 19.4. The fourth-order valence-electron chi connectivity index (χ4n) is 2.28. The molecule has 2 aromatic rings. The standard InChI is InChI=1S/C15H18F3N3/c1-3-19-14(12-9-20-21(2)10-12)8-11-5-4-6-13(7-11)15(16,17)18/h4-7,9-10,14,19H,3,8H2,1-2H3. The zero-order valence-electron chi connectivity index (χ0n) is 12.0. The highest BCUT2D eigenvalue weighted by molar-refractivity contribution is 5.27. The first-order valence-electron chi connectivity index (χ1n) is 6.78. The molecule has 1 aromatic carbocycles. The van der Waals surface area contributed by atoms with Gasteiger partial charge in [0.2, 0.25) is 0 Å². The largest absolute Gasteiger partial charge is 0.416 e. The van der Waals surface area contributed by atoms with Gasteiger partial charge in [0.25, 0.3) is 0 Å². The summed E-state index contributed by atoms with van der Waals surface area (Å²) in [6, 6.07) is 5.42. The molecule has 0 saturated carbocycles. The van der Waals surface area contributed by atoms with Gasteiger partial charge in [-0.25, -0.2) is 0 Å². The summed E-state index contributed by atoms with van der Waals surface area (Å²) in [4.78, 5) is 0. The number of aryl methyl sites for hydroxylation is 1. The van der Waals surface area contributed by atoms with Crippen LogP contribution >= 0.6 is 0 Å². The lowest BCUT2D eigenvalue weighted by Gasteiger charge is -2.17. The lowest BCUT2D eigenvalue weighted by molar-refractivity contribution is -0.137. The smallest absolute Gasteiger partial charge is 0.310 e. The minimum Gasteiger partial charge on any atom is -0.310 e. The van der Waals surface area contributed by atoms with Gasteiger partial charge in [-0.05, 0) is 24.6 Å². The van der Waals surface area contributed by atoms with E-state index in [1.54, 1.807) is 16.9 Å². The predicted molar refractivity (Wildman–Crippen MR) is 74.8 cm³/mol. The van der Waals surface area contributed by atoms with Gasteiger partial charge in [-0.1, -0.05) is 25.1 Å². The Kier molecular flexibility index (Phi) is 4.67. The van der Waals surface area contributed by atoms with Crippen molar-refractivity contribution in [1.29, 1.82) is 0 Å². The number of aromatic nitrogens is 2. The molecule has 1 aromatic heterocycles. The molecule has 1 heterocycles. The molecule has 1 unspecified atom stereocenters. The number of alkyl halides is 3. The van der Waals surface area contributed by atoms with E-state index in [0.717, 1.165) is 18.2 Å². The SMILES string of the molecule is CCNC(Cc1cccc(C(F)(F)F)c1)c1cnn(C)c1. The molecule has 3 nitrogen and oxygen atoms in total. The predicted octanol–water partition coefficient (Wildman–Crippen LogP) is 3.33. The molecule has 21 heavy (non-hydrogen) atoms. The lowest BCUT2D eigenvalue weighted by Crippen LogP contribution is -2.22. The average Bonchev–Trinajstić information content (AvgIpc) is 2.84. The summed E-state index contributed by atoms with van der Waals surface area (Å²) in [6.07, 6.45) is -0.205. The van der Waals surface area contributed by atoms with Crippen molar-refractivity contribution in [3.63, 3.8) is 0 Å². The third-order valence-corrected chi connectivity index (χ3v) is 3.27. The third kappa shape index (κ3) is 4.07. The lowest BCUT2D eigenvalue weighted by atomic mass is 9.99. The second-order valence-electron chi connectivity index (χ2n) is 4.96. The summed E-state index contributed by atoms with van der Waals surface area (Å²) in [6.45, 7) is 2.70. The van der Waals surface area contributed by atoms with E-state index in [4.69, 9.17) is 0 Å². The number of nitrogens with one attached hydrogen (secondary N) is 1. The highest BCUT2D eigenvalue weighted by Gasteiger charge is 2.30. The van der Waals surface area contributed by atoms with Crippen LogP contribution in [0.1, 0.15) is 29.7 Å². The van der Waals surface area contributed by atoms with Crippen LogP contribution in [0, 0.1) is 0 Å². The molecular formula is C15H18F3N3. The van der Waals surface area contributed by atoms with E-state index >= 15 is 0 Å². The zero-order chi connectivity index (χ0) is 15.5. The van der Waals surface area contributed by atoms with Crippen LogP contribution in [0.4, 0.5) is 13.2 Å². The number of rotatable bonds is 5. The zero-order valence-corrected chi connectivity index (χ0v) is 12.0. The fraction of sp³-hybridized carbons (Fsp3) is 0.400. The highest BCUT2D eigenvalue weighted by Crippen LogP contribution is 2.30. The van der Waals surface area contributed by atoms with E-state index in [0.29, 0.717) is 12.0 Å². The Morgan fingerprint density at radius 2 is 2.10 bits per heavy atom. The van der Waals surface area contributed by atoms with Crippen LogP contribution in [-0.4, -0.2) is 16.3 Å². The van der Waals surface area contributed by atoms with Crippen molar-refractivity contribution in [1.82, 2.24) is 15.1 Å². The van der Waals surface area contributed by atoms with Crippen LogP contribution in [0.15, 0.2) is 36.7 Å². The maximum atomic E-state index is 12.8. The fourth-order valence-corrected chi connectivity index (χ4v) is 2.28. The maximum absolute atomic E-state index is 12.8. The van der Waals surface area contributed by atoms with Crippen LogP contribution in [0.5, 0.6) is 0 Å². The Morgan fingerprint density at radius 3 is 2.67 bits per heavy atom. The molecule has 1 atom stereocenters. The molecule has 0 fully saturated rings. The Labute approximate surface area is 121 Å². The topological polar surface area (TPSA) is 29.9 Å². The van der Waals surface area contributed by atoms with E-state index in [1.807, 2.05) is 20.2 Å². The van der Waals surface area contributed by atoms with E-state index in [9.17, 15) is 13.2 Å². The van der Waals surface area contributed by atoms with Crippen molar-refractivity contribution < 1.29 is 13.2 Å². The second-order valence-corrected chi connectivity index (χ2v) is 4.96. The minimum atomic E-state index is -4.31. The van der Waals surface area contributed by atoms with Crippen molar-refractivity contribution in [3.05, 3.63) is 53.3 Å². The van der Waals surface area contributed by atoms with E-state index in [1.165, 1.54) is 12.1 Å². The van der Waals surface area contributed by atoms with Crippen LogP contribution in [-0.2, 0) is 19.6 Å². The number of benzene rings is 1. The van der Waals surface area contributed by atoms with E-state index in [-0.39, 0.29) is 6.04 Å².